The van der Waals surface area contributed by atoms with Gasteiger partial charge in [0.05, 0.1) is 0 Å². The van der Waals surface area contributed by atoms with Gasteiger partial charge in [-0.15, -0.1) is 0 Å². The van der Waals surface area contributed by atoms with E-state index in [1.807, 2.05) is 0 Å². The summed E-state index contributed by atoms with van der Waals surface area (Å²) in [6.45, 7) is 4.49. The second-order valence-electron chi connectivity index (χ2n) is 4.82. The van der Waals surface area contributed by atoms with Crippen molar-refractivity contribution in [2.45, 2.75) is 38.0 Å². The van der Waals surface area contributed by atoms with E-state index >= 15 is 0 Å². The molecule has 0 spiro atoms. The lowest BCUT2D eigenvalue weighted by Crippen LogP contribution is -2.44. The molecule has 88 valence electrons. The molecule has 1 N–H and O–H groups in total. The maximum atomic E-state index is 3.58. The molecule has 0 bridgehead atoms. The third kappa shape index (κ3) is 2.49. The van der Waals surface area contributed by atoms with E-state index in [0.717, 1.165) is 13.1 Å². The molecule has 1 aliphatic carbocycles. The van der Waals surface area contributed by atoms with Gasteiger partial charge in [-0.25, -0.2) is 0 Å². The van der Waals surface area contributed by atoms with Crippen molar-refractivity contribution < 1.29 is 0 Å². The van der Waals surface area contributed by atoms with Crippen molar-refractivity contribution in [3.63, 3.8) is 0 Å². The Morgan fingerprint density at radius 1 is 1.38 bits per heavy atom. The van der Waals surface area contributed by atoms with Gasteiger partial charge in [0, 0.05) is 16.4 Å². The molecule has 1 nitrogen and oxygen atoms in total. The summed E-state index contributed by atoms with van der Waals surface area (Å²) in [4.78, 5) is 0. The van der Waals surface area contributed by atoms with Crippen molar-refractivity contribution in [1.29, 1.82) is 0 Å². The van der Waals surface area contributed by atoms with Crippen molar-refractivity contribution in [3.05, 3.63) is 34.3 Å². The Morgan fingerprint density at radius 3 is 2.75 bits per heavy atom. The Morgan fingerprint density at radius 2 is 2.19 bits per heavy atom. The first-order chi connectivity index (χ1) is 7.77. The highest BCUT2D eigenvalue weighted by Crippen LogP contribution is 2.43. The number of hydrogen-bond donors (Lipinski definition) is 1. The minimum atomic E-state index is 0.416. The van der Waals surface area contributed by atoms with Gasteiger partial charge in [0.15, 0.2) is 0 Å². The summed E-state index contributed by atoms with van der Waals surface area (Å²) < 4.78 is 1.20. The highest BCUT2D eigenvalue weighted by atomic mass is 79.9. The van der Waals surface area contributed by atoms with Crippen molar-refractivity contribution in [1.82, 2.24) is 5.32 Å². The molecule has 2 rings (SSSR count). The van der Waals surface area contributed by atoms with Crippen LogP contribution in [0.5, 0.6) is 0 Å². The van der Waals surface area contributed by atoms with Gasteiger partial charge < -0.3 is 5.32 Å². The average Bonchev–Trinajstić information content (AvgIpc) is 2.22. The third-order valence-corrected chi connectivity index (χ3v) is 4.13. The van der Waals surface area contributed by atoms with Gasteiger partial charge in [0.1, 0.15) is 0 Å². The monoisotopic (exact) mass is 281 g/mol. The molecule has 0 radical (unpaired) electrons. The molecule has 1 aliphatic rings. The third-order valence-electron chi connectivity index (χ3n) is 3.64. The van der Waals surface area contributed by atoms with Gasteiger partial charge in [-0.2, -0.15) is 0 Å². The predicted molar refractivity (Wildman–Crippen MR) is 72.8 cm³/mol. The molecule has 2 heteroatoms. The van der Waals surface area contributed by atoms with Crippen LogP contribution in [0, 0.1) is 0 Å². The van der Waals surface area contributed by atoms with E-state index in [1.54, 1.807) is 0 Å². The molecule has 0 heterocycles. The zero-order valence-electron chi connectivity index (χ0n) is 9.93. The van der Waals surface area contributed by atoms with Crippen LogP contribution >= 0.6 is 15.9 Å². The summed E-state index contributed by atoms with van der Waals surface area (Å²) in [7, 11) is 0. The molecular weight excluding hydrogens is 262 g/mol. The molecule has 1 saturated carbocycles. The fourth-order valence-corrected chi connectivity index (χ4v) is 2.89. The topological polar surface area (TPSA) is 12.0 Å². The zero-order valence-corrected chi connectivity index (χ0v) is 11.5. The Bertz CT molecular complexity index is 344. The first-order valence-corrected chi connectivity index (χ1v) is 7.03. The lowest BCUT2D eigenvalue weighted by Gasteiger charge is -2.43. The second kappa shape index (κ2) is 5.33. The molecule has 0 atom stereocenters. The summed E-state index contributed by atoms with van der Waals surface area (Å²) in [5, 5.41) is 3.58. The SMILES string of the molecule is CCCNCC1(c2cccc(Br)c2)CCC1. The fourth-order valence-electron chi connectivity index (χ4n) is 2.49. The Hall–Kier alpha value is -0.340. The van der Waals surface area contributed by atoms with Crippen molar-refractivity contribution in [2.24, 2.45) is 0 Å². The van der Waals surface area contributed by atoms with Crippen LogP contribution in [0.25, 0.3) is 0 Å². The van der Waals surface area contributed by atoms with Crippen molar-refractivity contribution >= 4 is 15.9 Å². The van der Waals surface area contributed by atoms with Crippen LogP contribution in [0.15, 0.2) is 28.7 Å². The van der Waals surface area contributed by atoms with E-state index in [0.29, 0.717) is 5.41 Å². The Balaban J connectivity index is 2.08. The molecule has 0 aliphatic heterocycles. The molecule has 1 fully saturated rings. The van der Waals surface area contributed by atoms with Crippen molar-refractivity contribution in [2.75, 3.05) is 13.1 Å². The van der Waals surface area contributed by atoms with Gasteiger partial charge >= 0.3 is 0 Å². The molecule has 16 heavy (non-hydrogen) atoms. The molecular formula is C14H20BrN. The number of nitrogens with one attached hydrogen (secondary N) is 1. The van der Waals surface area contributed by atoms with Gasteiger partial charge in [-0.1, -0.05) is 41.4 Å². The normalized spacial score (nSPS) is 18.1. The Labute approximate surface area is 107 Å². The number of rotatable bonds is 5. The molecule has 1 aromatic carbocycles. The van der Waals surface area contributed by atoms with E-state index in [2.05, 4.69) is 52.4 Å². The van der Waals surface area contributed by atoms with Gasteiger partial charge in [-0.3, -0.25) is 0 Å². The van der Waals surface area contributed by atoms with E-state index in [4.69, 9.17) is 0 Å². The van der Waals surface area contributed by atoms with E-state index in [1.165, 1.54) is 35.7 Å². The maximum absolute atomic E-state index is 3.58. The summed E-state index contributed by atoms with van der Waals surface area (Å²) in [6.07, 6.45) is 5.26. The van der Waals surface area contributed by atoms with Crippen LogP contribution < -0.4 is 5.32 Å². The van der Waals surface area contributed by atoms with Crippen LogP contribution in [-0.2, 0) is 5.41 Å². The lowest BCUT2D eigenvalue weighted by atomic mass is 9.64. The minimum absolute atomic E-state index is 0.416. The fraction of sp³-hybridized carbons (Fsp3) is 0.571. The van der Waals surface area contributed by atoms with Gasteiger partial charge in [0.25, 0.3) is 0 Å². The van der Waals surface area contributed by atoms with Crippen LogP contribution in [-0.4, -0.2) is 13.1 Å². The number of halogens is 1. The minimum Gasteiger partial charge on any atom is -0.316 e. The van der Waals surface area contributed by atoms with Crippen LogP contribution in [0.1, 0.15) is 38.2 Å². The van der Waals surface area contributed by atoms with E-state index in [9.17, 15) is 0 Å². The highest BCUT2D eigenvalue weighted by Gasteiger charge is 2.38. The second-order valence-corrected chi connectivity index (χ2v) is 5.74. The smallest absolute Gasteiger partial charge is 0.0178 e. The molecule has 0 aromatic heterocycles. The summed E-state index contributed by atoms with van der Waals surface area (Å²) in [5.41, 5.74) is 1.91. The maximum Gasteiger partial charge on any atom is 0.0178 e. The quantitative estimate of drug-likeness (QED) is 0.808. The largest absolute Gasteiger partial charge is 0.316 e. The summed E-state index contributed by atoms with van der Waals surface area (Å²) in [6, 6.07) is 8.82. The molecule has 0 unspecified atom stereocenters. The molecule has 0 saturated heterocycles. The number of hydrogen-bond acceptors (Lipinski definition) is 1. The standard InChI is InChI=1S/C14H20BrN/c1-2-9-16-11-14(7-4-8-14)12-5-3-6-13(15)10-12/h3,5-6,10,16H,2,4,7-9,11H2,1H3. The first kappa shape index (κ1) is 12.1. The molecule has 0 amide bonds. The van der Waals surface area contributed by atoms with Gasteiger partial charge in [-0.05, 0) is 43.5 Å². The van der Waals surface area contributed by atoms with Crippen LogP contribution in [0.4, 0.5) is 0 Å². The molecule has 1 aromatic rings. The zero-order chi connectivity index (χ0) is 11.4. The lowest BCUT2D eigenvalue weighted by molar-refractivity contribution is 0.234. The highest BCUT2D eigenvalue weighted by molar-refractivity contribution is 9.10. The van der Waals surface area contributed by atoms with Crippen LogP contribution in [0.2, 0.25) is 0 Å². The van der Waals surface area contributed by atoms with Crippen molar-refractivity contribution in [3.8, 4) is 0 Å². The number of benzene rings is 1. The van der Waals surface area contributed by atoms with Crippen LogP contribution in [0.3, 0.4) is 0 Å². The summed E-state index contributed by atoms with van der Waals surface area (Å²) >= 11 is 3.57. The summed E-state index contributed by atoms with van der Waals surface area (Å²) in [5.74, 6) is 0. The predicted octanol–water partition coefficient (Wildman–Crippen LogP) is 3.87. The first-order valence-electron chi connectivity index (χ1n) is 6.24. The van der Waals surface area contributed by atoms with E-state index < -0.39 is 0 Å². The Kier molecular flexibility index (Phi) is 4.04. The average molecular weight is 282 g/mol. The van der Waals surface area contributed by atoms with Gasteiger partial charge in [0.2, 0.25) is 0 Å². The van der Waals surface area contributed by atoms with E-state index in [-0.39, 0.29) is 0 Å².